The second-order valence-electron chi connectivity index (χ2n) is 5.75. The molecule has 1 aliphatic rings. The highest BCUT2D eigenvalue weighted by Gasteiger charge is 2.25. The summed E-state index contributed by atoms with van der Waals surface area (Å²) in [5.74, 6) is -0.105. The molecule has 0 aromatic heterocycles. The van der Waals surface area contributed by atoms with E-state index in [0.717, 1.165) is 6.42 Å². The Hall–Kier alpha value is -1.15. The highest BCUT2D eigenvalue weighted by molar-refractivity contribution is 7.89. The minimum Gasteiger partial charge on any atom is -0.337 e. The Kier molecular flexibility index (Phi) is 7.01. The van der Waals surface area contributed by atoms with Gasteiger partial charge in [-0.2, -0.15) is 0 Å². The molecule has 1 fully saturated rings. The van der Waals surface area contributed by atoms with Gasteiger partial charge in [0.2, 0.25) is 10.0 Å². The summed E-state index contributed by atoms with van der Waals surface area (Å²) in [6.07, 6.45) is 1.52. The van der Waals surface area contributed by atoms with Crippen LogP contribution in [-0.2, 0) is 10.0 Å². The van der Waals surface area contributed by atoms with Crippen molar-refractivity contribution in [3.8, 4) is 0 Å². The minimum absolute atomic E-state index is 0. The van der Waals surface area contributed by atoms with Crippen LogP contribution in [0.1, 0.15) is 37.0 Å². The molecule has 1 saturated heterocycles. The summed E-state index contributed by atoms with van der Waals surface area (Å²) in [4.78, 5) is 14.2. The first kappa shape index (κ1) is 19.9. The molecule has 1 unspecified atom stereocenters. The lowest BCUT2D eigenvalue weighted by molar-refractivity contribution is 0.0791. The molecule has 0 bridgehead atoms. The standard InChI is InChI=1S/C15H23N3O3S.ClH/c1-3-11(2)17-22(20,21)14-6-4-12(5-7-14)15(19)18-9-8-13(16)10-18;/h4-7,11,13,17H,3,8-10,16H2,1-2H3;1H/t11?,13-;/m1./s1. The summed E-state index contributed by atoms with van der Waals surface area (Å²) < 4.78 is 26.9. The number of nitrogens with two attached hydrogens (primary N) is 1. The van der Waals surface area contributed by atoms with Crippen LogP contribution >= 0.6 is 12.4 Å². The third-order valence-electron chi connectivity index (χ3n) is 3.89. The van der Waals surface area contributed by atoms with E-state index >= 15 is 0 Å². The molecule has 2 rings (SSSR count). The molecular formula is C15H24ClN3O3S. The van der Waals surface area contributed by atoms with Crippen LogP contribution in [0.5, 0.6) is 0 Å². The molecule has 2 atom stereocenters. The number of rotatable bonds is 5. The number of carbonyl (C=O) groups excluding carboxylic acids is 1. The average molecular weight is 362 g/mol. The van der Waals surface area contributed by atoms with Gasteiger partial charge in [0.1, 0.15) is 0 Å². The van der Waals surface area contributed by atoms with Gasteiger partial charge in [-0.25, -0.2) is 13.1 Å². The zero-order valence-electron chi connectivity index (χ0n) is 13.4. The predicted octanol–water partition coefficient (Wildman–Crippen LogP) is 1.36. The molecule has 8 heteroatoms. The molecule has 1 heterocycles. The van der Waals surface area contributed by atoms with Crippen molar-refractivity contribution in [2.24, 2.45) is 5.73 Å². The molecule has 1 aromatic carbocycles. The molecule has 1 aromatic rings. The maximum absolute atomic E-state index is 12.3. The van der Waals surface area contributed by atoms with E-state index < -0.39 is 10.0 Å². The fraction of sp³-hybridized carbons (Fsp3) is 0.533. The Morgan fingerprint density at radius 1 is 1.39 bits per heavy atom. The van der Waals surface area contributed by atoms with Gasteiger partial charge < -0.3 is 10.6 Å². The van der Waals surface area contributed by atoms with Crippen LogP contribution in [0.15, 0.2) is 29.2 Å². The molecule has 1 amide bonds. The molecule has 0 aliphatic carbocycles. The summed E-state index contributed by atoms with van der Waals surface area (Å²) in [6, 6.07) is 5.94. The lowest BCUT2D eigenvalue weighted by Gasteiger charge is -2.16. The summed E-state index contributed by atoms with van der Waals surface area (Å²) in [7, 11) is -3.54. The van der Waals surface area contributed by atoms with E-state index in [9.17, 15) is 13.2 Å². The third-order valence-corrected chi connectivity index (χ3v) is 5.50. The van der Waals surface area contributed by atoms with Crippen LogP contribution in [0.3, 0.4) is 0 Å². The van der Waals surface area contributed by atoms with Crippen LogP contribution in [0, 0.1) is 0 Å². The number of sulfonamides is 1. The van der Waals surface area contributed by atoms with Gasteiger partial charge in [-0.1, -0.05) is 6.92 Å². The van der Waals surface area contributed by atoms with Crippen molar-refractivity contribution < 1.29 is 13.2 Å². The number of likely N-dealkylation sites (tertiary alicyclic amines) is 1. The molecule has 0 saturated carbocycles. The summed E-state index contributed by atoms with van der Waals surface area (Å²) in [6.45, 7) is 4.92. The molecule has 3 N–H and O–H groups in total. The first-order valence-corrected chi connectivity index (χ1v) is 8.99. The molecule has 130 valence electrons. The van der Waals surface area contributed by atoms with Crippen molar-refractivity contribution in [1.29, 1.82) is 0 Å². The normalized spacial score (nSPS) is 19.3. The van der Waals surface area contributed by atoms with E-state index in [1.807, 2.05) is 13.8 Å². The zero-order valence-corrected chi connectivity index (χ0v) is 15.0. The van der Waals surface area contributed by atoms with Crippen LogP contribution < -0.4 is 10.5 Å². The highest BCUT2D eigenvalue weighted by atomic mass is 35.5. The maximum atomic E-state index is 12.3. The van der Waals surface area contributed by atoms with Gasteiger partial charge in [-0.15, -0.1) is 12.4 Å². The molecule has 23 heavy (non-hydrogen) atoms. The van der Waals surface area contributed by atoms with Crippen LogP contribution in [-0.4, -0.2) is 44.4 Å². The lowest BCUT2D eigenvalue weighted by Crippen LogP contribution is -2.32. The summed E-state index contributed by atoms with van der Waals surface area (Å²) >= 11 is 0. The van der Waals surface area contributed by atoms with E-state index in [4.69, 9.17) is 5.73 Å². The van der Waals surface area contributed by atoms with E-state index in [0.29, 0.717) is 25.1 Å². The third kappa shape index (κ3) is 4.91. The quantitative estimate of drug-likeness (QED) is 0.828. The number of halogens is 1. The van der Waals surface area contributed by atoms with Gasteiger partial charge in [-0.3, -0.25) is 4.79 Å². The number of nitrogens with zero attached hydrogens (tertiary/aromatic N) is 1. The maximum Gasteiger partial charge on any atom is 0.253 e. The summed E-state index contributed by atoms with van der Waals surface area (Å²) in [5, 5.41) is 0. The lowest BCUT2D eigenvalue weighted by atomic mass is 10.2. The number of carbonyl (C=O) groups is 1. The van der Waals surface area contributed by atoms with Crippen molar-refractivity contribution in [3.05, 3.63) is 29.8 Å². The van der Waals surface area contributed by atoms with E-state index in [-0.39, 0.29) is 35.3 Å². The van der Waals surface area contributed by atoms with E-state index in [2.05, 4.69) is 4.72 Å². The Morgan fingerprint density at radius 2 is 2.00 bits per heavy atom. The largest absolute Gasteiger partial charge is 0.337 e. The fourth-order valence-electron chi connectivity index (χ4n) is 2.35. The van der Waals surface area contributed by atoms with Gasteiger partial charge in [0.25, 0.3) is 5.91 Å². The Balaban J connectivity index is 0.00000264. The highest BCUT2D eigenvalue weighted by Crippen LogP contribution is 2.16. The van der Waals surface area contributed by atoms with Gasteiger partial charge in [-0.05, 0) is 44.0 Å². The number of nitrogens with one attached hydrogen (secondary N) is 1. The van der Waals surface area contributed by atoms with Crippen LogP contribution in [0.4, 0.5) is 0 Å². The van der Waals surface area contributed by atoms with Gasteiger partial charge >= 0.3 is 0 Å². The SMILES string of the molecule is CCC(C)NS(=O)(=O)c1ccc(C(=O)N2CC[C@@H](N)C2)cc1.Cl. The molecule has 6 nitrogen and oxygen atoms in total. The van der Waals surface area contributed by atoms with Crippen molar-refractivity contribution in [2.75, 3.05) is 13.1 Å². The minimum atomic E-state index is -3.54. The second kappa shape index (κ2) is 8.10. The van der Waals surface area contributed by atoms with Gasteiger partial charge in [0, 0.05) is 30.7 Å². The number of amides is 1. The Bertz CT molecular complexity index is 634. The second-order valence-corrected chi connectivity index (χ2v) is 7.47. The first-order valence-electron chi connectivity index (χ1n) is 7.50. The zero-order chi connectivity index (χ0) is 16.3. The molecule has 0 radical (unpaired) electrons. The molecule has 1 aliphatic heterocycles. The van der Waals surface area contributed by atoms with Crippen molar-refractivity contribution >= 4 is 28.3 Å². The number of hydrogen-bond acceptors (Lipinski definition) is 4. The monoisotopic (exact) mass is 361 g/mol. The number of benzene rings is 1. The number of hydrogen-bond donors (Lipinski definition) is 2. The van der Waals surface area contributed by atoms with Gasteiger partial charge in [0.05, 0.1) is 4.90 Å². The van der Waals surface area contributed by atoms with E-state index in [1.165, 1.54) is 12.1 Å². The van der Waals surface area contributed by atoms with Gasteiger partial charge in [0.15, 0.2) is 0 Å². The molecule has 0 spiro atoms. The fourth-order valence-corrected chi connectivity index (χ4v) is 3.67. The van der Waals surface area contributed by atoms with Crippen molar-refractivity contribution in [1.82, 2.24) is 9.62 Å². The predicted molar refractivity (Wildman–Crippen MR) is 92.3 cm³/mol. The Labute approximate surface area is 143 Å². The Morgan fingerprint density at radius 3 is 2.48 bits per heavy atom. The van der Waals surface area contributed by atoms with Crippen LogP contribution in [0.25, 0.3) is 0 Å². The van der Waals surface area contributed by atoms with Crippen molar-refractivity contribution in [3.63, 3.8) is 0 Å². The van der Waals surface area contributed by atoms with Crippen molar-refractivity contribution in [2.45, 2.75) is 43.7 Å². The average Bonchev–Trinajstić information content (AvgIpc) is 2.92. The molecular weight excluding hydrogens is 338 g/mol. The topological polar surface area (TPSA) is 92.5 Å². The van der Waals surface area contributed by atoms with E-state index in [1.54, 1.807) is 17.0 Å². The first-order chi connectivity index (χ1) is 10.3. The smallest absolute Gasteiger partial charge is 0.253 e. The summed E-state index contributed by atoms with van der Waals surface area (Å²) in [5.41, 5.74) is 6.28. The van der Waals surface area contributed by atoms with Crippen LogP contribution in [0.2, 0.25) is 0 Å².